The van der Waals surface area contributed by atoms with Crippen molar-refractivity contribution in [1.82, 2.24) is 14.5 Å². The van der Waals surface area contributed by atoms with Gasteiger partial charge in [0.25, 0.3) is 5.56 Å². The minimum atomic E-state index is -0.749. The van der Waals surface area contributed by atoms with E-state index in [0.29, 0.717) is 34.7 Å². The number of ether oxygens (including phenoxy) is 2. The van der Waals surface area contributed by atoms with Crippen LogP contribution in [0.3, 0.4) is 0 Å². The van der Waals surface area contributed by atoms with Crippen LogP contribution in [-0.2, 0) is 22.6 Å². The molecule has 170 valence electrons. The first-order valence-corrected chi connectivity index (χ1v) is 11.5. The predicted molar refractivity (Wildman–Crippen MR) is 128 cm³/mol. The second kappa shape index (κ2) is 7.93. The topological polar surface area (TPSA) is 95.3 Å². The minimum Gasteiger partial charge on any atom is -0.497 e. The molecule has 5 rings (SSSR count). The second-order valence-electron chi connectivity index (χ2n) is 8.81. The molecule has 1 aliphatic heterocycles. The molecule has 0 saturated carbocycles. The van der Waals surface area contributed by atoms with Gasteiger partial charge < -0.3 is 14.8 Å². The lowest BCUT2D eigenvalue weighted by atomic mass is 9.95. The maximum Gasteiger partial charge on any atom is 0.272 e. The van der Waals surface area contributed by atoms with Gasteiger partial charge in [0.1, 0.15) is 21.3 Å². The molecule has 3 aromatic heterocycles. The summed E-state index contributed by atoms with van der Waals surface area (Å²) in [5.74, 6) is 0.315. The fourth-order valence-corrected chi connectivity index (χ4v) is 5.07. The van der Waals surface area contributed by atoms with E-state index < -0.39 is 6.04 Å². The lowest BCUT2D eigenvalue weighted by Gasteiger charge is -2.30. The van der Waals surface area contributed by atoms with Crippen LogP contribution in [0.15, 0.2) is 41.5 Å². The Morgan fingerprint density at radius 1 is 1.33 bits per heavy atom. The Morgan fingerprint density at radius 2 is 2.15 bits per heavy atom. The minimum absolute atomic E-state index is 0.258. The zero-order chi connectivity index (χ0) is 23.3. The van der Waals surface area contributed by atoms with Gasteiger partial charge in [-0.2, -0.15) is 0 Å². The maximum absolute atomic E-state index is 13.3. The van der Waals surface area contributed by atoms with Gasteiger partial charge in [-0.1, -0.05) is 6.07 Å². The van der Waals surface area contributed by atoms with Gasteiger partial charge in [-0.05, 0) is 39.0 Å². The summed E-state index contributed by atoms with van der Waals surface area (Å²) in [5, 5.41) is 3.67. The highest BCUT2D eigenvalue weighted by atomic mass is 32.1. The molecule has 1 atom stereocenters. The molecule has 4 heterocycles. The van der Waals surface area contributed by atoms with Crippen LogP contribution in [0.4, 0.5) is 5.69 Å². The molecule has 0 saturated heterocycles. The van der Waals surface area contributed by atoms with Crippen molar-refractivity contribution in [2.75, 3.05) is 12.4 Å². The number of carbonyl (C=O) groups excluding carboxylic acids is 1. The number of anilines is 1. The Morgan fingerprint density at radius 3 is 2.94 bits per heavy atom. The van der Waals surface area contributed by atoms with E-state index in [-0.39, 0.29) is 17.1 Å². The van der Waals surface area contributed by atoms with Gasteiger partial charge in [-0.25, -0.2) is 9.97 Å². The van der Waals surface area contributed by atoms with Crippen molar-refractivity contribution in [2.45, 2.75) is 45.4 Å². The first kappa shape index (κ1) is 21.5. The molecular weight excluding hydrogens is 440 g/mol. The number of nitrogens with one attached hydrogen (secondary N) is 1. The largest absolute Gasteiger partial charge is 0.497 e. The number of pyridine rings is 1. The predicted octanol–water partition coefficient (Wildman–Crippen LogP) is 4.07. The molecule has 1 N–H and O–H groups in total. The smallest absolute Gasteiger partial charge is 0.272 e. The summed E-state index contributed by atoms with van der Waals surface area (Å²) in [6, 6.07) is 8.35. The lowest BCUT2D eigenvalue weighted by Crippen LogP contribution is -2.32. The fraction of sp³-hybridized carbons (Fsp3) is 0.333. The van der Waals surface area contributed by atoms with Crippen LogP contribution in [0.1, 0.15) is 38.1 Å². The molecule has 0 fully saturated rings. The van der Waals surface area contributed by atoms with Crippen LogP contribution in [0.2, 0.25) is 0 Å². The normalized spacial score (nSPS) is 15.9. The Hall–Kier alpha value is -3.30. The summed E-state index contributed by atoms with van der Waals surface area (Å²) in [6.45, 7) is 6.26. The molecule has 33 heavy (non-hydrogen) atoms. The first-order chi connectivity index (χ1) is 15.8. The third-order valence-electron chi connectivity index (χ3n) is 5.91. The average molecular weight is 465 g/mol. The molecule has 1 unspecified atom stereocenters. The van der Waals surface area contributed by atoms with Crippen LogP contribution in [-0.4, -0.2) is 33.2 Å². The number of hydrogen-bond donors (Lipinski definition) is 1. The number of benzene rings is 1. The van der Waals surface area contributed by atoms with Crippen LogP contribution in [0.25, 0.3) is 20.4 Å². The Kier molecular flexibility index (Phi) is 5.18. The monoisotopic (exact) mass is 464 g/mol. The van der Waals surface area contributed by atoms with Crippen LogP contribution in [0, 0.1) is 0 Å². The lowest BCUT2D eigenvalue weighted by molar-refractivity contribution is -0.118. The molecule has 1 aromatic carbocycles. The van der Waals surface area contributed by atoms with E-state index in [2.05, 4.69) is 10.3 Å². The molecule has 0 bridgehead atoms. The van der Waals surface area contributed by atoms with E-state index in [9.17, 15) is 9.59 Å². The number of nitrogens with zero attached hydrogens (tertiary/aromatic N) is 3. The van der Waals surface area contributed by atoms with Crippen molar-refractivity contribution in [2.24, 2.45) is 0 Å². The van der Waals surface area contributed by atoms with Crippen LogP contribution < -0.4 is 15.6 Å². The molecule has 4 aromatic rings. The van der Waals surface area contributed by atoms with Crippen molar-refractivity contribution < 1.29 is 14.3 Å². The van der Waals surface area contributed by atoms with E-state index in [1.807, 2.05) is 19.9 Å². The van der Waals surface area contributed by atoms with Crippen molar-refractivity contribution >= 4 is 43.4 Å². The number of carbonyl (C=O) groups is 1. The highest BCUT2D eigenvalue weighted by molar-refractivity contribution is 7.25. The number of methoxy groups -OCH3 is 1. The number of thiophene rings is 1. The molecule has 9 heteroatoms. The van der Waals surface area contributed by atoms with Gasteiger partial charge in [0.2, 0.25) is 5.91 Å². The SMILES string of the molecule is COc1cccc(NC(=O)C(C)n2cnc3c(sc4nc5c(cc43)COC(C)(C)C5)c2=O)c1. The number of rotatable bonds is 4. The van der Waals surface area contributed by atoms with Gasteiger partial charge in [0.15, 0.2) is 0 Å². The summed E-state index contributed by atoms with van der Waals surface area (Å²) >= 11 is 1.32. The quantitative estimate of drug-likeness (QED) is 0.489. The number of fused-ring (bicyclic) bond motifs is 4. The van der Waals surface area contributed by atoms with Gasteiger partial charge in [-0.15, -0.1) is 11.3 Å². The van der Waals surface area contributed by atoms with E-state index in [1.165, 1.54) is 22.2 Å². The molecule has 0 aliphatic carbocycles. The molecule has 0 spiro atoms. The molecule has 1 aliphatic rings. The third kappa shape index (κ3) is 3.87. The van der Waals surface area contributed by atoms with Gasteiger partial charge in [-0.3, -0.25) is 14.2 Å². The number of hydrogen-bond acceptors (Lipinski definition) is 7. The summed E-state index contributed by atoms with van der Waals surface area (Å²) in [5.41, 5.74) is 2.70. The van der Waals surface area contributed by atoms with Crippen LogP contribution >= 0.6 is 11.3 Å². The first-order valence-electron chi connectivity index (χ1n) is 10.7. The van der Waals surface area contributed by atoms with Crippen molar-refractivity contribution in [3.8, 4) is 5.75 Å². The fourth-order valence-electron chi connectivity index (χ4n) is 4.01. The highest BCUT2D eigenvalue weighted by Gasteiger charge is 2.28. The van der Waals surface area contributed by atoms with E-state index in [0.717, 1.165) is 21.5 Å². The van der Waals surface area contributed by atoms with E-state index in [4.69, 9.17) is 14.5 Å². The Bertz CT molecular complexity index is 1460. The van der Waals surface area contributed by atoms with Gasteiger partial charge in [0, 0.05) is 29.1 Å². The zero-order valence-corrected chi connectivity index (χ0v) is 19.7. The summed E-state index contributed by atoms with van der Waals surface area (Å²) in [4.78, 5) is 36.3. The number of aromatic nitrogens is 3. The van der Waals surface area contributed by atoms with Crippen LogP contribution in [0.5, 0.6) is 5.75 Å². The Labute approximate surface area is 194 Å². The van der Waals surface area contributed by atoms with Crippen molar-refractivity contribution in [3.63, 3.8) is 0 Å². The standard InChI is InChI=1S/C24H24N4O4S/c1-13(21(29)26-15-6-5-7-16(9-15)31-4)28-12-25-19-17-8-14-11-32-24(2,3)10-18(14)27-22(17)33-20(19)23(28)30/h5-9,12-13H,10-11H2,1-4H3,(H,26,29). The third-order valence-corrected chi connectivity index (χ3v) is 6.99. The summed E-state index contributed by atoms with van der Waals surface area (Å²) in [7, 11) is 1.56. The molecular formula is C24H24N4O4S. The zero-order valence-electron chi connectivity index (χ0n) is 18.8. The maximum atomic E-state index is 13.3. The summed E-state index contributed by atoms with van der Waals surface area (Å²) < 4.78 is 13.0. The second-order valence-corrected chi connectivity index (χ2v) is 9.81. The summed E-state index contributed by atoms with van der Waals surface area (Å²) in [6.07, 6.45) is 2.15. The average Bonchev–Trinajstić information content (AvgIpc) is 3.15. The van der Waals surface area contributed by atoms with Crippen molar-refractivity contribution in [3.05, 3.63) is 58.3 Å². The van der Waals surface area contributed by atoms with Gasteiger partial charge in [0.05, 0.1) is 36.9 Å². The van der Waals surface area contributed by atoms with E-state index >= 15 is 0 Å². The Balaban J connectivity index is 1.50. The van der Waals surface area contributed by atoms with Gasteiger partial charge >= 0.3 is 0 Å². The molecule has 1 amide bonds. The molecule has 8 nitrogen and oxygen atoms in total. The van der Waals surface area contributed by atoms with Crippen molar-refractivity contribution in [1.29, 1.82) is 0 Å². The van der Waals surface area contributed by atoms with E-state index in [1.54, 1.807) is 38.3 Å². The molecule has 0 radical (unpaired) electrons. The highest BCUT2D eigenvalue weighted by Crippen LogP contribution is 2.34. The number of amides is 1.